The van der Waals surface area contributed by atoms with Gasteiger partial charge < -0.3 is 4.90 Å². The van der Waals surface area contributed by atoms with Crippen molar-refractivity contribution in [3.63, 3.8) is 0 Å². The minimum atomic E-state index is -0.536. The lowest BCUT2D eigenvalue weighted by molar-refractivity contribution is 0.0732. The predicted octanol–water partition coefficient (Wildman–Crippen LogP) is 3.30. The molecule has 3 heteroatoms. The van der Waals surface area contributed by atoms with Gasteiger partial charge in [0.2, 0.25) is 0 Å². The Morgan fingerprint density at radius 1 is 0.947 bits per heavy atom. The standard InChI is InChI=1S/C16H16FNO/c17-11-12-18(13-14-7-3-1-4-8-14)16(19)15-9-5-2-6-10-15/h1-10H,11-13H2. The fraction of sp³-hybridized carbons (Fsp3) is 0.188. The van der Waals surface area contributed by atoms with E-state index in [2.05, 4.69) is 0 Å². The molecule has 0 aromatic heterocycles. The third kappa shape index (κ3) is 3.65. The van der Waals surface area contributed by atoms with Gasteiger partial charge in [-0.2, -0.15) is 0 Å². The second-order valence-corrected chi connectivity index (χ2v) is 4.27. The van der Waals surface area contributed by atoms with E-state index in [-0.39, 0.29) is 12.5 Å². The maximum atomic E-state index is 12.6. The summed E-state index contributed by atoms with van der Waals surface area (Å²) in [5.74, 6) is -0.137. The van der Waals surface area contributed by atoms with Crippen LogP contribution in [-0.4, -0.2) is 24.0 Å². The van der Waals surface area contributed by atoms with Crippen LogP contribution in [0.3, 0.4) is 0 Å². The van der Waals surface area contributed by atoms with Crippen molar-refractivity contribution < 1.29 is 9.18 Å². The number of hydrogen-bond donors (Lipinski definition) is 0. The molecule has 0 aliphatic rings. The zero-order valence-corrected chi connectivity index (χ0v) is 10.6. The molecule has 0 aliphatic carbocycles. The van der Waals surface area contributed by atoms with E-state index in [1.807, 2.05) is 48.5 Å². The summed E-state index contributed by atoms with van der Waals surface area (Å²) in [6, 6.07) is 18.6. The average Bonchev–Trinajstić information content (AvgIpc) is 2.48. The number of benzene rings is 2. The molecule has 0 bridgehead atoms. The number of nitrogens with zero attached hydrogens (tertiary/aromatic N) is 1. The van der Waals surface area contributed by atoms with Crippen molar-refractivity contribution in [3.05, 3.63) is 71.8 Å². The van der Waals surface area contributed by atoms with Gasteiger partial charge in [0.15, 0.2) is 0 Å². The summed E-state index contributed by atoms with van der Waals surface area (Å²) in [5.41, 5.74) is 1.59. The molecule has 0 saturated heterocycles. The first kappa shape index (κ1) is 13.3. The van der Waals surface area contributed by atoms with Gasteiger partial charge in [-0.1, -0.05) is 48.5 Å². The quantitative estimate of drug-likeness (QED) is 0.804. The highest BCUT2D eigenvalue weighted by molar-refractivity contribution is 5.94. The number of alkyl halides is 1. The van der Waals surface area contributed by atoms with Gasteiger partial charge in [0.05, 0.1) is 0 Å². The summed E-state index contributed by atoms with van der Waals surface area (Å²) in [7, 11) is 0. The lowest BCUT2D eigenvalue weighted by atomic mass is 10.1. The summed E-state index contributed by atoms with van der Waals surface area (Å²) in [6.45, 7) is 0.00646. The Hall–Kier alpha value is -2.16. The first-order chi connectivity index (χ1) is 9.31. The number of rotatable bonds is 5. The topological polar surface area (TPSA) is 20.3 Å². The van der Waals surface area contributed by atoms with E-state index in [1.165, 1.54) is 4.90 Å². The van der Waals surface area contributed by atoms with Crippen LogP contribution in [0.2, 0.25) is 0 Å². The number of halogens is 1. The molecule has 2 aromatic carbocycles. The molecule has 0 unspecified atom stereocenters. The lowest BCUT2D eigenvalue weighted by Gasteiger charge is -2.21. The van der Waals surface area contributed by atoms with Gasteiger partial charge in [-0.25, -0.2) is 4.39 Å². The highest BCUT2D eigenvalue weighted by Crippen LogP contribution is 2.10. The lowest BCUT2D eigenvalue weighted by Crippen LogP contribution is -2.32. The van der Waals surface area contributed by atoms with Crippen LogP contribution in [0.15, 0.2) is 60.7 Å². The van der Waals surface area contributed by atoms with Crippen molar-refractivity contribution in [1.29, 1.82) is 0 Å². The van der Waals surface area contributed by atoms with Gasteiger partial charge in [-0.15, -0.1) is 0 Å². The number of carbonyl (C=O) groups excluding carboxylic acids is 1. The normalized spacial score (nSPS) is 10.2. The van der Waals surface area contributed by atoms with E-state index >= 15 is 0 Å². The Kier molecular flexibility index (Phi) is 4.67. The maximum absolute atomic E-state index is 12.6. The van der Waals surface area contributed by atoms with Crippen molar-refractivity contribution in [2.45, 2.75) is 6.54 Å². The van der Waals surface area contributed by atoms with Crippen molar-refractivity contribution in [1.82, 2.24) is 4.90 Å². The molecule has 0 spiro atoms. The monoisotopic (exact) mass is 257 g/mol. The largest absolute Gasteiger partial charge is 0.332 e. The molecular weight excluding hydrogens is 241 g/mol. The zero-order chi connectivity index (χ0) is 13.5. The highest BCUT2D eigenvalue weighted by Gasteiger charge is 2.15. The summed E-state index contributed by atoms with van der Waals surface area (Å²) < 4.78 is 12.6. The second-order valence-electron chi connectivity index (χ2n) is 4.27. The summed E-state index contributed by atoms with van der Waals surface area (Å²) in [5, 5.41) is 0. The predicted molar refractivity (Wildman–Crippen MR) is 73.6 cm³/mol. The minimum Gasteiger partial charge on any atom is -0.332 e. The molecule has 0 heterocycles. The Labute approximate surface area is 112 Å². The van der Waals surface area contributed by atoms with Gasteiger partial charge in [0, 0.05) is 18.7 Å². The van der Waals surface area contributed by atoms with Crippen molar-refractivity contribution in [2.24, 2.45) is 0 Å². The molecule has 19 heavy (non-hydrogen) atoms. The first-order valence-electron chi connectivity index (χ1n) is 6.25. The molecule has 2 rings (SSSR count). The van der Waals surface area contributed by atoms with Gasteiger partial charge in [0.1, 0.15) is 6.67 Å². The molecule has 1 amide bonds. The van der Waals surface area contributed by atoms with Crippen LogP contribution in [0, 0.1) is 0 Å². The van der Waals surface area contributed by atoms with E-state index in [9.17, 15) is 9.18 Å². The van der Waals surface area contributed by atoms with E-state index < -0.39 is 6.67 Å². The zero-order valence-electron chi connectivity index (χ0n) is 10.6. The molecule has 0 aliphatic heterocycles. The van der Waals surface area contributed by atoms with E-state index in [1.54, 1.807) is 12.1 Å². The van der Waals surface area contributed by atoms with Crippen LogP contribution < -0.4 is 0 Å². The van der Waals surface area contributed by atoms with Crippen molar-refractivity contribution in [3.8, 4) is 0 Å². The molecule has 98 valence electrons. The summed E-state index contributed by atoms with van der Waals surface area (Å²) in [4.78, 5) is 13.8. The smallest absolute Gasteiger partial charge is 0.254 e. The molecular formula is C16H16FNO. The van der Waals surface area contributed by atoms with E-state index in [0.29, 0.717) is 12.1 Å². The van der Waals surface area contributed by atoms with Crippen LogP contribution in [0.4, 0.5) is 4.39 Å². The Balaban J connectivity index is 2.14. The molecule has 2 aromatic rings. The molecule has 2 nitrogen and oxygen atoms in total. The number of carbonyl (C=O) groups is 1. The molecule has 0 saturated carbocycles. The Morgan fingerprint density at radius 2 is 1.53 bits per heavy atom. The molecule has 0 atom stereocenters. The maximum Gasteiger partial charge on any atom is 0.254 e. The first-order valence-corrected chi connectivity index (χ1v) is 6.25. The Bertz CT molecular complexity index is 513. The fourth-order valence-corrected chi connectivity index (χ4v) is 1.92. The molecule has 0 N–H and O–H groups in total. The second kappa shape index (κ2) is 6.69. The van der Waals surface area contributed by atoms with Crippen LogP contribution in [0.1, 0.15) is 15.9 Å². The van der Waals surface area contributed by atoms with Crippen LogP contribution in [0.5, 0.6) is 0 Å². The SMILES string of the molecule is O=C(c1ccccc1)N(CCF)Cc1ccccc1. The summed E-state index contributed by atoms with van der Waals surface area (Å²) >= 11 is 0. The van der Waals surface area contributed by atoms with E-state index in [0.717, 1.165) is 5.56 Å². The number of amides is 1. The van der Waals surface area contributed by atoms with E-state index in [4.69, 9.17) is 0 Å². The fourth-order valence-electron chi connectivity index (χ4n) is 1.92. The summed E-state index contributed by atoms with van der Waals surface area (Å²) in [6.07, 6.45) is 0. The average molecular weight is 257 g/mol. The van der Waals surface area contributed by atoms with Gasteiger partial charge in [-0.3, -0.25) is 4.79 Å². The van der Waals surface area contributed by atoms with Gasteiger partial charge in [0.25, 0.3) is 5.91 Å². The molecule has 0 radical (unpaired) electrons. The van der Waals surface area contributed by atoms with Crippen LogP contribution in [-0.2, 0) is 6.54 Å². The van der Waals surface area contributed by atoms with Crippen LogP contribution >= 0.6 is 0 Å². The van der Waals surface area contributed by atoms with Crippen LogP contribution in [0.25, 0.3) is 0 Å². The Morgan fingerprint density at radius 3 is 2.11 bits per heavy atom. The van der Waals surface area contributed by atoms with Gasteiger partial charge in [-0.05, 0) is 17.7 Å². The van der Waals surface area contributed by atoms with Gasteiger partial charge >= 0.3 is 0 Å². The highest BCUT2D eigenvalue weighted by atomic mass is 19.1. The van der Waals surface area contributed by atoms with Crippen molar-refractivity contribution in [2.75, 3.05) is 13.2 Å². The minimum absolute atomic E-state index is 0.114. The third-order valence-electron chi connectivity index (χ3n) is 2.88. The van der Waals surface area contributed by atoms with Crippen molar-refractivity contribution >= 4 is 5.91 Å². The number of hydrogen-bond acceptors (Lipinski definition) is 1. The molecule has 0 fully saturated rings. The third-order valence-corrected chi connectivity index (χ3v) is 2.88.